The first-order valence-corrected chi connectivity index (χ1v) is 9.79. The van der Waals surface area contributed by atoms with Crippen molar-refractivity contribution in [1.82, 2.24) is 0 Å². The second kappa shape index (κ2) is 7.59. The maximum absolute atomic E-state index is 11.0. The van der Waals surface area contributed by atoms with Crippen LogP contribution in [0.4, 0.5) is 0 Å². The minimum absolute atomic E-state index is 0.469. The van der Waals surface area contributed by atoms with Crippen LogP contribution in [-0.2, 0) is 22.4 Å². The summed E-state index contributed by atoms with van der Waals surface area (Å²) in [6.07, 6.45) is 1.88. The second-order valence-corrected chi connectivity index (χ2v) is 8.45. The molecule has 0 saturated heterocycles. The molecule has 0 radical (unpaired) electrons. The number of hydrogen-bond acceptors (Lipinski definition) is 4. The Morgan fingerprint density at radius 3 is 0.769 bits per heavy atom. The molecule has 4 atom stereocenters. The Kier molecular flexibility index (Phi) is 6.74. The molecule has 1 aromatic carbocycles. The summed E-state index contributed by atoms with van der Waals surface area (Å²) < 4.78 is 0. The molecule has 0 saturated carbocycles. The molecule has 0 spiro atoms. The molecule has 4 N–H and O–H groups in total. The lowest BCUT2D eigenvalue weighted by Crippen LogP contribution is -2.34. The van der Waals surface area contributed by atoms with Crippen LogP contribution in [0.3, 0.4) is 0 Å². The summed E-state index contributed by atoms with van der Waals surface area (Å²) in [5.74, 6) is 0. The van der Waals surface area contributed by atoms with E-state index in [1.807, 2.05) is 27.7 Å². The van der Waals surface area contributed by atoms with Crippen LogP contribution in [0.25, 0.3) is 0 Å². The van der Waals surface area contributed by atoms with E-state index < -0.39 is 22.4 Å². The quantitative estimate of drug-likeness (QED) is 0.557. The van der Waals surface area contributed by atoms with Gasteiger partial charge in [0, 0.05) is 0 Å². The average Bonchev–Trinajstić information content (AvgIpc) is 2.60. The van der Waals surface area contributed by atoms with Crippen LogP contribution in [-0.4, -0.2) is 20.4 Å². The summed E-state index contributed by atoms with van der Waals surface area (Å²) in [4.78, 5) is 0. The Balaban J connectivity index is 4.02. The maximum atomic E-state index is 11.0. The summed E-state index contributed by atoms with van der Waals surface area (Å²) in [5, 5.41) is 44.0. The molecule has 0 bridgehead atoms. The van der Waals surface area contributed by atoms with Gasteiger partial charge >= 0.3 is 0 Å². The SMILES string of the molecule is CCC(C)(O)c1cc(C(C)(O)CC)c(C(C)(O)CC)cc1C(C)(O)CC. The fourth-order valence-corrected chi connectivity index (χ4v) is 3.14. The zero-order chi connectivity index (χ0) is 20.6. The molecule has 0 amide bonds. The van der Waals surface area contributed by atoms with Crippen LogP contribution < -0.4 is 0 Å². The Bertz CT molecular complexity index is 521. The van der Waals surface area contributed by atoms with Gasteiger partial charge in [0.25, 0.3) is 0 Å². The first-order valence-electron chi connectivity index (χ1n) is 9.79. The van der Waals surface area contributed by atoms with Crippen LogP contribution in [0, 0.1) is 0 Å². The van der Waals surface area contributed by atoms with E-state index in [0.717, 1.165) is 0 Å². The van der Waals surface area contributed by atoms with Crippen molar-refractivity contribution in [3.05, 3.63) is 34.4 Å². The third kappa shape index (κ3) is 4.30. The Labute approximate surface area is 158 Å². The van der Waals surface area contributed by atoms with Gasteiger partial charge in [-0.2, -0.15) is 0 Å². The normalized spacial score (nSPS) is 21.4. The molecular weight excluding hydrogens is 328 g/mol. The first-order chi connectivity index (χ1) is 11.7. The highest BCUT2D eigenvalue weighted by Gasteiger charge is 2.38. The van der Waals surface area contributed by atoms with Crippen LogP contribution >= 0.6 is 0 Å². The lowest BCUT2D eigenvalue weighted by molar-refractivity contribution is 0.0171. The van der Waals surface area contributed by atoms with E-state index in [1.54, 1.807) is 39.8 Å². The number of benzene rings is 1. The topological polar surface area (TPSA) is 80.9 Å². The molecule has 4 heteroatoms. The predicted molar refractivity (Wildman–Crippen MR) is 106 cm³/mol. The standard InChI is InChI=1S/C22H38O4/c1-9-19(5,23)15-13-17(21(7,25)11-3)18(22(8,26)12-4)14-16(15)20(6,24)10-2/h13-14,23-26H,9-12H2,1-8H3. The molecular formula is C22H38O4. The number of aliphatic hydroxyl groups is 4. The number of rotatable bonds is 8. The van der Waals surface area contributed by atoms with Gasteiger partial charge < -0.3 is 20.4 Å². The molecule has 150 valence electrons. The number of hydrogen-bond donors (Lipinski definition) is 4. The molecule has 4 nitrogen and oxygen atoms in total. The van der Waals surface area contributed by atoms with E-state index in [0.29, 0.717) is 47.9 Å². The van der Waals surface area contributed by atoms with Crippen molar-refractivity contribution in [3.63, 3.8) is 0 Å². The van der Waals surface area contributed by atoms with Crippen molar-refractivity contribution in [2.75, 3.05) is 0 Å². The molecule has 26 heavy (non-hydrogen) atoms. The molecule has 0 aliphatic rings. The van der Waals surface area contributed by atoms with Crippen molar-refractivity contribution in [1.29, 1.82) is 0 Å². The van der Waals surface area contributed by atoms with E-state index in [-0.39, 0.29) is 0 Å². The highest BCUT2D eigenvalue weighted by Crippen LogP contribution is 2.43. The summed E-state index contributed by atoms with van der Waals surface area (Å²) in [6, 6.07) is 3.57. The average molecular weight is 367 g/mol. The molecule has 0 fully saturated rings. The van der Waals surface area contributed by atoms with Crippen molar-refractivity contribution in [2.45, 2.75) is 103 Å². The minimum atomic E-state index is -1.15. The Morgan fingerprint density at radius 2 is 0.654 bits per heavy atom. The van der Waals surface area contributed by atoms with Gasteiger partial charge in [0.05, 0.1) is 22.4 Å². The van der Waals surface area contributed by atoms with E-state index in [1.165, 1.54) is 0 Å². The zero-order valence-corrected chi connectivity index (χ0v) is 17.8. The third-order valence-corrected chi connectivity index (χ3v) is 6.23. The van der Waals surface area contributed by atoms with Gasteiger partial charge in [-0.3, -0.25) is 0 Å². The smallest absolute Gasteiger partial charge is 0.0869 e. The fourth-order valence-electron chi connectivity index (χ4n) is 3.14. The first kappa shape index (κ1) is 23.1. The molecule has 4 unspecified atom stereocenters. The highest BCUT2D eigenvalue weighted by atomic mass is 16.3. The van der Waals surface area contributed by atoms with E-state index >= 15 is 0 Å². The summed E-state index contributed by atoms with van der Waals surface area (Å²) >= 11 is 0. The van der Waals surface area contributed by atoms with Gasteiger partial charge in [0.2, 0.25) is 0 Å². The van der Waals surface area contributed by atoms with Crippen LogP contribution in [0.2, 0.25) is 0 Å². The van der Waals surface area contributed by atoms with E-state index in [2.05, 4.69) is 0 Å². The summed E-state index contributed by atoms with van der Waals surface area (Å²) in [6.45, 7) is 14.4. The van der Waals surface area contributed by atoms with E-state index in [9.17, 15) is 20.4 Å². The Morgan fingerprint density at radius 1 is 0.500 bits per heavy atom. The molecule has 0 aliphatic heterocycles. The molecule has 0 aliphatic carbocycles. The van der Waals surface area contributed by atoms with Crippen molar-refractivity contribution in [3.8, 4) is 0 Å². The van der Waals surface area contributed by atoms with Gasteiger partial charge in [0.15, 0.2) is 0 Å². The maximum Gasteiger partial charge on any atom is 0.0869 e. The molecule has 0 aromatic heterocycles. The van der Waals surface area contributed by atoms with Gasteiger partial charge in [0.1, 0.15) is 0 Å². The fraction of sp³-hybridized carbons (Fsp3) is 0.727. The van der Waals surface area contributed by atoms with Gasteiger partial charge in [-0.15, -0.1) is 0 Å². The minimum Gasteiger partial charge on any atom is -0.385 e. The predicted octanol–water partition coefficient (Wildman–Crippen LogP) is 4.16. The van der Waals surface area contributed by atoms with Gasteiger partial charge in [-0.1, -0.05) is 27.7 Å². The monoisotopic (exact) mass is 366 g/mol. The van der Waals surface area contributed by atoms with Gasteiger partial charge in [-0.05, 0) is 87.8 Å². The zero-order valence-electron chi connectivity index (χ0n) is 17.8. The third-order valence-electron chi connectivity index (χ3n) is 6.23. The molecule has 0 heterocycles. The Hall–Kier alpha value is -0.940. The highest BCUT2D eigenvalue weighted by molar-refractivity contribution is 5.48. The lowest BCUT2D eigenvalue weighted by Gasteiger charge is -2.38. The van der Waals surface area contributed by atoms with Crippen LogP contribution in [0.5, 0.6) is 0 Å². The summed E-state index contributed by atoms with van der Waals surface area (Å²) in [7, 11) is 0. The van der Waals surface area contributed by atoms with Gasteiger partial charge in [-0.25, -0.2) is 0 Å². The second-order valence-electron chi connectivity index (χ2n) is 8.45. The summed E-state index contributed by atoms with van der Waals surface area (Å²) in [5.41, 5.74) is -2.18. The van der Waals surface area contributed by atoms with Crippen LogP contribution in [0.1, 0.15) is 103 Å². The van der Waals surface area contributed by atoms with Crippen molar-refractivity contribution < 1.29 is 20.4 Å². The van der Waals surface area contributed by atoms with Crippen LogP contribution in [0.15, 0.2) is 12.1 Å². The van der Waals surface area contributed by atoms with Crippen molar-refractivity contribution in [2.24, 2.45) is 0 Å². The molecule has 1 rings (SSSR count). The lowest BCUT2D eigenvalue weighted by atomic mass is 9.73. The largest absolute Gasteiger partial charge is 0.385 e. The van der Waals surface area contributed by atoms with E-state index in [4.69, 9.17) is 0 Å². The van der Waals surface area contributed by atoms with Crippen molar-refractivity contribution >= 4 is 0 Å². The molecule has 1 aromatic rings.